The molecular formula is C20H24N2O3S. The molecule has 6 heteroatoms. The second-order valence-corrected chi connectivity index (χ2v) is 8.06. The van der Waals surface area contributed by atoms with Crippen molar-refractivity contribution in [2.45, 2.75) is 46.0 Å². The van der Waals surface area contributed by atoms with Gasteiger partial charge in [-0.2, -0.15) is 0 Å². The van der Waals surface area contributed by atoms with Crippen LogP contribution in [0.4, 0.5) is 0 Å². The molecule has 0 aliphatic rings. The molecule has 0 fully saturated rings. The number of ether oxygens (including phenoxy) is 1. The van der Waals surface area contributed by atoms with E-state index in [0.29, 0.717) is 6.61 Å². The zero-order valence-corrected chi connectivity index (χ0v) is 16.4. The van der Waals surface area contributed by atoms with Crippen LogP contribution in [-0.4, -0.2) is 27.1 Å². The molecule has 0 saturated heterocycles. The third-order valence-corrected chi connectivity index (χ3v) is 5.75. The highest BCUT2D eigenvalue weighted by Crippen LogP contribution is 2.36. The summed E-state index contributed by atoms with van der Waals surface area (Å²) in [7, 11) is 0. The molecule has 2 heterocycles. The van der Waals surface area contributed by atoms with Crippen molar-refractivity contribution in [1.29, 1.82) is 0 Å². The van der Waals surface area contributed by atoms with Crippen molar-refractivity contribution in [1.82, 2.24) is 9.38 Å². The Morgan fingerprint density at radius 1 is 1.31 bits per heavy atom. The van der Waals surface area contributed by atoms with E-state index in [4.69, 9.17) is 14.8 Å². The first-order chi connectivity index (χ1) is 12.3. The number of carboxylic acid groups (broad SMARTS) is 1. The fourth-order valence-corrected chi connectivity index (χ4v) is 3.79. The minimum atomic E-state index is -0.831. The highest BCUT2D eigenvalue weighted by Gasteiger charge is 2.21. The van der Waals surface area contributed by atoms with Crippen LogP contribution in [0.1, 0.15) is 44.6 Å². The molecular weight excluding hydrogens is 348 g/mol. The predicted octanol–water partition coefficient (Wildman–Crippen LogP) is 4.78. The number of carbonyl (C=O) groups is 1. The number of aromatic nitrogens is 2. The first-order valence-electron chi connectivity index (χ1n) is 8.81. The number of rotatable bonds is 7. The van der Waals surface area contributed by atoms with Gasteiger partial charge in [-0.3, -0.25) is 9.20 Å². The Bertz CT molecular complexity index is 908. The maximum Gasteiger partial charge on any atom is 0.308 e. The fraction of sp³-hybridized carbons (Fsp3) is 0.400. The third kappa shape index (κ3) is 3.60. The lowest BCUT2D eigenvalue weighted by Crippen LogP contribution is -2.15. The van der Waals surface area contributed by atoms with Crippen LogP contribution in [0.15, 0.2) is 30.6 Å². The predicted molar refractivity (Wildman–Crippen MR) is 104 cm³/mol. The molecule has 1 aromatic carbocycles. The van der Waals surface area contributed by atoms with E-state index in [1.807, 2.05) is 29.8 Å². The standard InChI is InChI=1S/C20H24N2O3S/c1-5-20(3,4)13-7-8-17(25-6-2)15(9-13)16-12-22-11-14(10-18(23)24)26-19(22)21-16/h7-9,11-12H,5-6,10H2,1-4H3,(H,23,24). The normalized spacial score (nSPS) is 11.8. The van der Waals surface area contributed by atoms with Crippen molar-refractivity contribution in [2.75, 3.05) is 6.61 Å². The van der Waals surface area contributed by atoms with Crippen molar-refractivity contribution in [2.24, 2.45) is 0 Å². The Kier molecular flexibility index (Phi) is 5.05. The summed E-state index contributed by atoms with van der Waals surface area (Å²) in [5, 5.41) is 8.95. The summed E-state index contributed by atoms with van der Waals surface area (Å²) < 4.78 is 7.71. The lowest BCUT2D eigenvalue weighted by Gasteiger charge is -2.24. The third-order valence-electron chi connectivity index (χ3n) is 4.75. The van der Waals surface area contributed by atoms with Crippen LogP contribution in [0.2, 0.25) is 0 Å². The summed E-state index contributed by atoms with van der Waals surface area (Å²) in [5.74, 6) is -0.0116. The van der Waals surface area contributed by atoms with Crippen LogP contribution in [0.3, 0.4) is 0 Å². The molecule has 0 radical (unpaired) electrons. The van der Waals surface area contributed by atoms with E-state index >= 15 is 0 Å². The monoisotopic (exact) mass is 372 g/mol. The quantitative estimate of drug-likeness (QED) is 0.648. The molecule has 0 aliphatic carbocycles. The maximum atomic E-state index is 10.9. The van der Waals surface area contributed by atoms with E-state index in [1.165, 1.54) is 16.9 Å². The summed E-state index contributed by atoms with van der Waals surface area (Å²) in [5.41, 5.74) is 3.14. The topological polar surface area (TPSA) is 63.8 Å². The molecule has 0 unspecified atom stereocenters. The maximum absolute atomic E-state index is 10.9. The first-order valence-corrected chi connectivity index (χ1v) is 9.62. The molecule has 2 aromatic heterocycles. The minimum absolute atomic E-state index is 0.0216. The van der Waals surface area contributed by atoms with E-state index in [-0.39, 0.29) is 11.8 Å². The number of thiazole rings is 1. The number of nitrogens with zero attached hydrogens (tertiary/aromatic N) is 2. The molecule has 3 rings (SSSR count). The van der Waals surface area contributed by atoms with Gasteiger partial charge in [0.05, 0.1) is 18.7 Å². The van der Waals surface area contributed by atoms with Gasteiger partial charge in [-0.1, -0.05) is 26.8 Å². The molecule has 3 aromatic rings. The molecule has 138 valence electrons. The molecule has 0 amide bonds. The zero-order chi connectivity index (χ0) is 18.9. The van der Waals surface area contributed by atoms with Crippen LogP contribution in [0.5, 0.6) is 5.75 Å². The summed E-state index contributed by atoms with van der Waals surface area (Å²) in [6.45, 7) is 9.21. The van der Waals surface area contributed by atoms with E-state index in [2.05, 4.69) is 32.9 Å². The van der Waals surface area contributed by atoms with Crippen molar-refractivity contribution in [3.63, 3.8) is 0 Å². The smallest absolute Gasteiger partial charge is 0.308 e. The number of benzene rings is 1. The number of hydrogen-bond acceptors (Lipinski definition) is 4. The Labute approximate surface area is 157 Å². The first kappa shape index (κ1) is 18.5. The average Bonchev–Trinajstić information content (AvgIpc) is 3.13. The van der Waals surface area contributed by atoms with E-state index < -0.39 is 5.97 Å². The Hall–Kier alpha value is -2.34. The molecule has 0 bridgehead atoms. The van der Waals surface area contributed by atoms with Gasteiger partial charge in [0.1, 0.15) is 5.75 Å². The summed E-state index contributed by atoms with van der Waals surface area (Å²) in [6.07, 6.45) is 4.84. The van der Waals surface area contributed by atoms with Crippen LogP contribution in [0, 0.1) is 0 Å². The molecule has 1 N–H and O–H groups in total. The van der Waals surface area contributed by atoms with Gasteiger partial charge in [0, 0.05) is 22.8 Å². The Balaban J connectivity index is 2.05. The second-order valence-electron chi connectivity index (χ2n) is 6.97. The number of fused-ring (bicyclic) bond motifs is 1. The fourth-order valence-electron chi connectivity index (χ4n) is 2.84. The molecule has 0 atom stereocenters. The van der Waals surface area contributed by atoms with Crippen molar-refractivity contribution in [3.8, 4) is 17.0 Å². The van der Waals surface area contributed by atoms with Gasteiger partial charge in [-0.05, 0) is 36.5 Å². The van der Waals surface area contributed by atoms with Gasteiger partial charge in [0.25, 0.3) is 0 Å². The summed E-state index contributed by atoms with van der Waals surface area (Å²) in [6, 6.07) is 6.31. The van der Waals surface area contributed by atoms with Gasteiger partial charge in [0.15, 0.2) is 4.96 Å². The van der Waals surface area contributed by atoms with E-state index in [1.54, 1.807) is 0 Å². The number of imidazole rings is 1. The van der Waals surface area contributed by atoms with Gasteiger partial charge in [-0.15, -0.1) is 11.3 Å². The van der Waals surface area contributed by atoms with Crippen LogP contribution >= 0.6 is 11.3 Å². The molecule has 0 spiro atoms. The highest BCUT2D eigenvalue weighted by molar-refractivity contribution is 7.17. The van der Waals surface area contributed by atoms with Gasteiger partial charge in [-0.25, -0.2) is 4.98 Å². The molecule has 0 saturated carbocycles. The minimum Gasteiger partial charge on any atom is -0.493 e. The van der Waals surface area contributed by atoms with Gasteiger partial charge >= 0.3 is 5.97 Å². The van der Waals surface area contributed by atoms with Gasteiger partial charge in [0.2, 0.25) is 0 Å². The number of carboxylic acids is 1. The molecule has 0 aliphatic heterocycles. The Morgan fingerprint density at radius 2 is 2.08 bits per heavy atom. The lowest BCUT2D eigenvalue weighted by molar-refractivity contribution is -0.136. The molecule has 26 heavy (non-hydrogen) atoms. The van der Waals surface area contributed by atoms with Crippen molar-refractivity contribution in [3.05, 3.63) is 41.0 Å². The molecule has 5 nitrogen and oxygen atoms in total. The number of hydrogen-bond donors (Lipinski definition) is 1. The second kappa shape index (κ2) is 7.11. The van der Waals surface area contributed by atoms with Crippen LogP contribution in [-0.2, 0) is 16.6 Å². The Morgan fingerprint density at radius 3 is 2.69 bits per heavy atom. The summed E-state index contributed by atoms with van der Waals surface area (Å²) >= 11 is 1.40. The van der Waals surface area contributed by atoms with Crippen LogP contribution < -0.4 is 4.74 Å². The van der Waals surface area contributed by atoms with E-state index in [9.17, 15) is 4.79 Å². The zero-order valence-electron chi connectivity index (χ0n) is 15.6. The number of aliphatic carboxylic acids is 1. The summed E-state index contributed by atoms with van der Waals surface area (Å²) in [4.78, 5) is 17.2. The van der Waals surface area contributed by atoms with Crippen LogP contribution in [0.25, 0.3) is 16.2 Å². The van der Waals surface area contributed by atoms with Gasteiger partial charge < -0.3 is 9.84 Å². The van der Waals surface area contributed by atoms with E-state index in [0.717, 1.165) is 33.3 Å². The van der Waals surface area contributed by atoms with Crippen molar-refractivity contribution >= 4 is 22.3 Å². The largest absolute Gasteiger partial charge is 0.493 e. The lowest BCUT2D eigenvalue weighted by atomic mass is 9.81. The van der Waals surface area contributed by atoms with Crippen molar-refractivity contribution < 1.29 is 14.6 Å². The average molecular weight is 372 g/mol. The highest BCUT2D eigenvalue weighted by atomic mass is 32.1. The SMILES string of the molecule is CCOc1ccc(C(C)(C)CC)cc1-c1cn2cc(CC(=O)O)sc2n1.